The minimum atomic E-state index is -4.94. The molecule has 1 heterocycles. The van der Waals surface area contributed by atoms with Crippen LogP contribution >= 0.6 is 0 Å². The number of sulfonamides is 1. The van der Waals surface area contributed by atoms with Gasteiger partial charge in [0, 0.05) is 19.6 Å². The lowest BCUT2D eigenvalue weighted by atomic mass is 9.83. The zero-order valence-electron chi connectivity index (χ0n) is 17.0. The van der Waals surface area contributed by atoms with E-state index in [0.717, 1.165) is 42.6 Å². The maximum Gasteiger partial charge on any atom is 0.471 e. The summed E-state index contributed by atoms with van der Waals surface area (Å²) in [5, 5.41) is 0. The molecule has 0 radical (unpaired) electrons. The van der Waals surface area contributed by atoms with Crippen LogP contribution in [0.3, 0.4) is 0 Å². The molecule has 30 heavy (non-hydrogen) atoms. The first kappa shape index (κ1) is 22.8. The Labute approximate surface area is 175 Å². The Bertz CT molecular complexity index is 920. The summed E-state index contributed by atoms with van der Waals surface area (Å²) in [5.74, 6) is -1.90. The summed E-state index contributed by atoms with van der Waals surface area (Å²) < 4.78 is 66.7. The van der Waals surface area contributed by atoms with Crippen molar-refractivity contribution in [3.8, 4) is 0 Å². The molecule has 1 fully saturated rings. The van der Waals surface area contributed by atoms with E-state index in [4.69, 9.17) is 0 Å². The molecule has 0 aromatic heterocycles. The fourth-order valence-corrected chi connectivity index (χ4v) is 5.54. The second-order valence-electron chi connectivity index (χ2n) is 8.21. The van der Waals surface area contributed by atoms with Crippen molar-refractivity contribution in [2.75, 3.05) is 13.1 Å². The Morgan fingerprint density at radius 2 is 1.93 bits per heavy atom. The third-order valence-electron chi connectivity index (χ3n) is 6.12. The number of fused-ring (bicyclic) bond motifs is 1. The minimum Gasteiger partial charge on any atom is -0.330 e. The van der Waals surface area contributed by atoms with Gasteiger partial charge in [0.25, 0.3) is 0 Å². The highest BCUT2D eigenvalue weighted by molar-refractivity contribution is 7.89. The van der Waals surface area contributed by atoms with Crippen molar-refractivity contribution in [3.63, 3.8) is 0 Å². The minimum absolute atomic E-state index is 0.0155. The van der Waals surface area contributed by atoms with Gasteiger partial charge in [-0.1, -0.05) is 31.1 Å². The second kappa shape index (κ2) is 8.70. The molecule has 1 N–H and O–H groups in total. The van der Waals surface area contributed by atoms with Gasteiger partial charge in [-0.05, 0) is 61.3 Å². The molecule has 9 heteroatoms. The average Bonchev–Trinajstić information content (AvgIpc) is 3.18. The molecule has 5 nitrogen and oxygen atoms in total. The van der Waals surface area contributed by atoms with Crippen molar-refractivity contribution in [2.45, 2.75) is 63.1 Å². The Kier molecular flexibility index (Phi) is 6.62. The van der Waals surface area contributed by atoms with E-state index in [1.807, 2.05) is 13.0 Å². The maximum absolute atomic E-state index is 12.9. The molecule has 3 rings (SSSR count). The molecule has 2 aliphatic rings. The predicted octanol–water partition coefficient (Wildman–Crippen LogP) is 3.94. The number of nitrogens with zero attached hydrogens (tertiary/aromatic N) is 1. The van der Waals surface area contributed by atoms with Gasteiger partial charge in [-0.2, -0.15) is 13.2 Å². The van der Waals surface area contributed by atoms with Crippen molar-refractivity contribution >= 4 is 15.9 Å². The number of halogens is 3. The summed E-state index contributed by atoms with van der Waals surface area (Å²) in [4.78, 5) is 12.3. The number of alkyl halides is 3. The van der Waals surface area contributed by atoms with Crippen LogP contribution in [0.2, 0.25) is 0 Å². The second-order valence-corrected chi connectivity index (χ2v) is 9.98. The fourth-order valence-electron chi connectivity index (χ4n) is 4.33. The summed E-state index contributed by atoms with van der Waals surface area (Å²) in [5.41, 5.74) is 1.11. The van der Waals surface area contributed by atoms with Crippen LogP contribution in [-0.4, -0.2) is 38.5 Å². The lowest BCUT2D eigenvalue weighted by Gasteiger charge is -2.30. The van der Waals surface area contributed by atoms with E-state index in [1.165, 1.54) is 12.1 Å². The van der Waals surface area contributed by atoms with E-state index < -0.39 is 22.1 Å². The van der Waals surface area contributed by atoms with Gasteiger partial charge in [0.05, 0.1) is 4.90 Å². The highest BCUT2D eigenvalue weighted by atomic mass is 32.2. The first-order valence-corrected chi connectivity index (χ1v) is 11.6. The smallest absolute Gasteiger partial charge is 0.330 e. The number of rotatable bonds is 6. The lowest BCUT2D eigenvalue weighted by Crippen LogP contribution is -2.43. The molecule has 1 aliphatic carbocycles. The third kappa shape index (κ3) is 5.06. The lowest BCUT2D eigenvalue weighted by molar-refractivity contribution is -0.186. The molecule has 1 aromatic rings. The maximum atomic E-state index is 12.9. The Morgan fingerprint density at radius 1 is 1.23 bits per heavy atom. The van der Waals surface area contributed by atoms with Gasteiger partial charge >= 0.3 is 12.1 Å². The van der Waals surface area contributed by atoms with Crippen molar-refractivity contribution in [1.29, 1.82) is 0 Å². The van der Waals surface area contributed by atoms with Crippen LogP contribution in [0.25, 0.3) is 0 Å². The standard InChI is InChI=1S/C21H27F3N2O3S/c1-2-3-9-20(10-4-5-11-20)15-25-30(28,29)18-7-6-16-8-12-26(14-17(16)13-18)19(27)21(22,23)24/h2-3,6-7,13,25H,4-5,8-12,14-15H2,1H3. The molecule has 0 spiro atoms. The molecular weight excluding hydrogens is 417 g/mol. The molecule has 166 valence electrons. The number of carbonyl (C=O) groups excluding carboxylic acids is 1. The number of amides is 1. The zero-order valence-corrected chi connectivity index (χ0v) is 17.8. The van der Waals surface area contributed by atoms with E-state index in [0.29, 0.717) is 12.1 Å². The fraction of sp³-hybridized carbons (Fsp3) is 0.571. The van der Waals surface area contributed by atoms with Gasteiger partial charge in [-0.15, -0.1) is 0 Å². The van der Waals surface area contributed by atoms with Gasteiger partial charge in [0.1, 0.15) is 0 Å². The summed E-state index contributed by atoms with van der Waals surface area (Å²) in [6.07, 6.45) is 4.21. The molecule has 1 saturated carbocycles. The molecule has 1 amide bonds. The number of nitrogens with one attached hydrogen (secondary N) is 1. The van der Waals surface area contributed by atoms with Gasteiger partial charge in [0.15, 0.2) is 0 Å². The number of hydrogen-bond acceptors (Lipinski definition) is 3. The summed E-state index contributed by atoms with van der Waals surface area (Å²) >= 11 is 0. The van der Waals surface area contributed by atoms with Gasteiger partial charge in [-0.3, -0.25) is 4.79 Å². The van der Waals surface area contributed by atoms with Gasteiger partial charge < -0.3 is 4.90 Å². The Balaban J connectivity index is 1.75. The van der Waals surface area contributed by atoms with E-state index >= 15 is 0 Å². The number of allylic oxidation sites excluding steroid dienone is 2. The molecular formula is C21H27F3N2O3S. The van der Waals surface area contributed by atoms with E-state index in [9.17, 15) is 26.4 Å². The highest BCUT2D eigenvalue weighted by Crippen LogP contribution is 2.41. The number of benzene rings is 1. The van der Waals surface area contributed by atoms with Crippen LogP contribution < -0.4 is 4.72 Å². The topological polar surface area (TPSA) is 66.5 Å². The molecule has 0 atom stereocenters. The van der Waals surface area contributed by atoms with Crippen molar-refractivity contribution in [3.05, 3.63) is 41.5 Å². The summed E-state index contributed by atoms with van der Waals surface area (Å²) in [7, 11) is -3.81. The average molecular weight is 445 g/mol. The third-order valence-corrected chi connectivity index (χ3v) is 7.52. The van der Waals surface area contributed by atoms with E-state index in [1.54, 1.807) is 6.07 Å². The largest absolute Gasteiger partial charge is 0.471 e. The Hall–Kier alpha value is -1.87. The molecule has 0 saturated heterocycles. The summed E-state index contributed by atoms with van der Waals surface area (Å²) in [6, 6.07) is 4.50. The van der Waals surface area contributed by atoms with Crippen LogP contribution in [0.1, 0.15) is 50.2 Å². The van der Waals surface area contributed by atoms with Crippen LogP contribution in [0, 0.1) is 5.41 Å². The van der Waals surface area contributed by atoms with E-state index in [-0.39, 0.29) is 29.8 Å². The van der Waals surface area contributed by atoms with Crippen molar-refractivity contribution in [1.82, 2.24) is 9.62 Å². The van der Waals surface area contributed by atoms with Crippen molar-refractivity contribution < 1.29 is 26.4 Å². The van der Waals surface area contributed by atoms with Crippen LogP contribution in [0.5, 0.6) is 0 Å². The number of carbonyl (C=O) groups is 1. The van der Waals surface area contributed by atoms with Gasteiger partial charge in [0.2, 0.25) is 10.0 Å². The normalized spacial score (nSPS) is 19.3. The molecule has 1 aliphatic heterocycles. The number of hydrogen-bond donors (Lipinski definition) is 1. The first-order chi connectivity index (χ1) is 14.1. The van der Waals surface area contributed by atoms with Gasteiger partial charge in [-0.25, -0.2) is 13.1 Å². The summed E-state index contributed by atoms with van der Waals surface area (Å²) in [6.45, 7) is 1.98. The zero-order chi connectivity index (χ0) is 22.0. The quantitative estimate of drug-likeness (QED) is 0.676. The van der Waals surface area contributed by atoms with Crippen molar-refractivity contribution in [2.24, 2.45) is 5.41 Å². The highest BCUT2D eigenvalue weighted by Gasteiger charge is 2.43. The monoisotopic (exact) mass is 444 g/mol. The SMILES string of the molecule is CC=CCC1(CNS(=O)(=O)c2ccc3c(c2)CN(C(=O)C(F)(F)F)CC3)CCCC1. The van der Waals surface area contributed by atoms with Crippen LogP contribution in [0.4, 0.5) is 13.2 Å². The predicted molar refractivity (Wildman–Crippen MR) is 107 cm³/mol. The Morgan fingerprint density at radius 3 is 2.57 bits per heavy atom. The molecule has 1 aromatic carbocycles. The first-order valence-electron chi connectivity index (χ1n) is 10.2. The van der Waals surface area contributed by atoms with Crippen LogP contribution in [0.15, 0.2) is 35.2 Å². The molecule has 0 bridgehead atoms. The van der Waals surface area contributed by atoms with Crippen LogP contribution in [-0.2, 0) is 27.8 Å². The van der Waals surface area contributed by atoms with E-state index in [2.05, 4.69) is 10.8 Å². The molecule has 0 unspecified atom stereocenters.